The average molecular weight is 351 g/mol. The van der Waals surface area contributed by atoms with Crippen LogP contribution in [0.5, 0.6) is 0 Å². The van der Waals surface area contributed by atoms with Crippen LogP contribution in [0.3, 0.4) is 0 Å². The maximum atomic E-state index is 11.6. The second kappa shape index (κ2) is 11.2. The number of carbonyl (C=O) groups excluding carboxylic acids is 1. The lowest BCUT2D eigenvalue weighted by atomic mass is 10.2. The van der Waals surface area contributed by atoms with Crippen molar-refractivity contribution in [1.82, 2.24) is 10.6 Å². The van der Waals surface area contributed by atoms with Gasteiger partial charge in [0.2, 0.25) is 5.91 Å². The highest BCUT2D eigenvalue weighted by Gasteiger charge is 2.04. The molecule has 1 amide bonds. The Kier molecular flexibility index (Phi) is 9.87. The molecule has 1 aromatic carbocycles. The smallest absolute Gasteiger partial charge is 0.230 e. The van der Waals surface area contributed by atoms with Crippen molar-refractivity contribution in [2.75, 3.05) is 39.1 Å². The van der Waals surface area contributed by atoms with E-state index in [1.54, 1.807) is 19.2 Å². The first-order chi connectivity index (χ1) is 10.1. The van der Waals surface area contributed by atoms with E-state index in [0.717, 1.165) is 18.7 Å². The minimum Gasteiger partial charge on any atom is -0.383 e. The minimum atomic E-state index is 0.0265. The third-order valence-electron chi connectivity index (χ3n) is 2.61. The van der Waals surface area contributed by atoms with Crippen LogP contribution in [0.4, 0.5) is 0 Å². The number of benzene rings is 1. The predicted molar refractivity (Wildman–Crippen MR) is 90.4 cm³/mol. The maximum Gasteiger partial charge on any atom is 0.230 e. The van der Waals surface area contributed by atoms with Gasteiger partial charge in [-0.1, -0.05) is 29.3 Å². The summed E-state index contributed by atoms with van der Waals surface area (Å²) in [6, 6.07) is 5.40. The zero-order valence-corrected chi connectivity index (χ0v) is 14.3. The van der Waals surface area contributed by atoms with Crippen LogP contribution in [-0.2, 0) is 15.3 Å². The Labute approximate surface area is 139 Å². The van der Waals surface area contributed by atoms with E-state index in [0.29, 0.717) is 34.7 Å². The summed E-state index contributed by atoms with van der Waals surface area (Å²) in [6.45, 7) is 2.81. The molecule has 4 nitrogen and oxygen atoms in total. The molecule has 0 aliphatic heterocycles. The van der Waals surface area contributed by atoms with Crippen LogP contribution in [0, 0.1) is 0 Å². The molecular weight excluding hydrogens is 331 g/mol. The fourth-order valence-electron chi connectivity index (χ4n) is 1.53. The van der Waals surface area contributed by atoms with Crippen LogP contribution in [-0.4, -0.2) is 45.0 Å². The number of rotatable bonds is 10. The molecule has 0 aromatic heterocycles. The van der Waals surface area contributed by atoms with Gasteiger partial charge in [-0.2, -0.15) is 0 Å². The average Bonchev–Trinajstić information content (AvgIpc) is 2.45. The number of ether oxygens (including phenoxy) is 1. The highest BCUT2D eigenvalue weighted by atomic mass is 35.5. The molecule has 0 fully saturated rings. The van der Waals surface area contributed by atoms with Crippen molar-refractivity contribution in [1.29, 1.82) is 0 Å². The van der Waals surface area contributed by atoms with E-state index < -0.39 is 0 Å². The third-order valence-corrected chi connectivity index (χ3v) is 4.18. The van der Waals surface area contributed by atoms with Crippen molar-refractivity contribution in [2.45, 2.75) is 5.75 Å². The fourth-order valence-corrected chi connectivity index (χ4v) is 2.95. The number of thioether (sulfide) groups is 1. The van der Waals surface area contributed by atoms with Gasteiger partial charge >= 0.3 is 0 Å². The molecule has 7 heteroatoms. The summed E-state index contributed by atoms with van der Waals surface area (Å²) in [6.07, 6.45) is 0. The van der Waals surface area contributed by atoms with E-state index >= 15 is 0 Å². The van der Waals surface area contributed by atoms with Gasteiger partial charge in [0.05, 0.1) is 12.4 Å². The quantitative estimate of drug-likeness (QED) is 0.636. The number of hydrogen-bond donors (Lipinski definition) is 2. The van der Waals surface area contributed by atoms with Crippen molar-refractivity contribution >= 4 is 40.9 Å². The monoisotopic (exact) mass is 350 g/mol. The molecule has 0 atom stereocenters. The molecule has 0 aliphatic rings. The standard InChI is InChI=1S/C14H20Cl2N2O2S/c1-20-7-6-17-4-5-18-14(19)10-21-9-11-2-3-12(15)8-13(11)16/h2-3,8,17H,4-7,9-10H2,1H3,(H,18,19). The first-order valence-electron chi connectivity index (χ1n) is 6.61. The minimum absolute atomic E-state index is 0.0265. The van der Waals surface area contributed by atoms with E-state index in [2.05, 4.69) is 10.6 Å². The van der Waals surface area contributed by atoms with Crippen molar-refractivity contribution in [3.8, 4) is 0 Å². The first-order valence-corrected chi connectivity index (χ1v) is 8.52. The molecule has 0 unspecified atom stereocenters. The van der Waals surface area contributed by atoms with Gasteiger partial charge in [-0.15, -0.1) is 11.8 Å². The van der Waals surface area contributed by atoms with Crippen molar-refractivity contribution in [3.05, 3.63) is 33.8 Å². The van der Waals surface area contributed by atoms with Crippen molar-refractivity contribution < 1.29 is 9.53 Å². The lowest BCUT2D eigenvalue weighted by molar-refractivity contribution is -0.118. The number of methoxy groups -OCH3 is 1. The van der Waals surface area contributed by atoms with Gasteiger partial charge < -0.3 is 15.4 Å². The van der Waals surface area contributed by atoms with Gasteiger partial charge in [0.25, 0.3) is 0 Å². The number of amides is 1. The van der Waals surface area contributed by atoms with Gasteiger partial charge in [-0.05, 0) is 17.7 Å². The molecule has 2 N–H and O–H groups in total. The van der Waals surface area contributed by atoms with Crippen LogP contribution < -0.4 is 10.6 Å². The van der Waals surface area contributed by atoms with E-state index in [9.17, 15) is 4.79 Å². The Bertz CT molecular complexity index is 447. The normalized spacial score (nSPS) is 10.6. The molecule has 118 valence electrons. The Balaban J connectivity index is 2.10. The largest absolute Gasteiger partial charge is 0.383 e. The highest BCUT2D eigenvalue weighted by molar-refractivity contribution is 7.99. The summed E-state index contributed by atoms with van der Waals surface area (Å²) >= 11 is 13.4. The summed E-state index contributed by atoms with van der Waals surface area (Å²) in [4.78, 5) is 11.6. The van der Waals surface area contributed by atoms with E-state index in [4.69, 9.17) is 27.9 Å². The molecule has 0 aliphatic carbocycles. The fraction of sp³-hybridized carbons (Fsp3) is 0.500. The third kappa shape index (κ3) is 8.53. The summed E-state index contributed by atoms with van der Waals surface area (Å²) in [5, 5.41) is 7.27. The van der Waals surface area contributed by atoms with Gasteiger partial charge in [0.1, 0.15) is 0 Å². The molecule has 0 spiro atoms. The maximum absolute atomic E-state index is 11.6. The summed E-state index contributed by atoms with van der Waals surface area (Å²) in [5.74, 6) is 1.13. The SMILES string of the molecule is COCCNCCNC(=O)CSCc1ccc(Cl)cc1Cl. The molecule has 1 rings (SSSR count). The highest BCUT2D eigenvalue weighted by Crippen LogP contribution is 2.24. The zero-order chi connectivity index (χ0) is 15.5. The topological polar surface area (TPSA) is 50.4 Å². The van der Waals surface area contributed by atoms with Crippen LogP contribution in [0.2, 0.25) is 10.0 Å². The van der Waals surface area contributed by atoms with Crippen LogP contribution in [0.15, 0.2) is 18.2 Å². The lowest BCUT2D eigenvalue weighted by Gasteiger charge is -2.07. The molecule has 0 saturated heterocycles. The Hall–Kier alpha value is -0.460. The summed E-state index contributed by atoms with van der Waals surface area (Å²) < 4.78 is 4.91. The molecule has 0 radical (unpaired) electrons. The first kappa shape index (κ1) is 18.6. The summed E-state index contributed by atoms with van der Waals surface area (Å²) in [5.41, 5.74) is 0.986. The molecule has 21 heavy (non-hydrogen) atoms. The van der Waals surface area contributed by atoms with Crippen LogP contribution in [0.25, 0.3) is 0 Å². The molecular formula is C14H20Cl2N2O2S. The lowest BCUT2D eigenvalue weighted by Crippen LogP contribution is -2.33. The Morgan fingerprint density at radius 2 is 2.10 bits per heavy atom. The number of nitrogens with one attached hydrogen (secondary N) is 2. The van der Waals surface area contributed by atoms with Crippen molar-refractivity contribution in [2.24, 2.45) is 0 Å². The number of carbonyl (C=O) groups is 1. The number of hydrogen-bond acceptors (Lipinski definition) is 4. The van der Waals surface area contributed by atoms with Crippen LogP contribution in [0.1, 0.15) is 5.56 Å². The van der Waals surface area contributed by atoms with Gasteiger partial charge in [-0.3, -0.25) is 4.79 Å². The van der Waals surface area contributed by atoms with E-state index in [1.165, 1.54) is 11.8 Å². The van der Waals surface area contributed by atoms with Gasteiger partial charge in [0, 0.05) is 42.5 Å². The van der Waals surface area contributed by atoms with Gasteiger partial charge in [-0.25, -0.2) is 0 Å². The van der Waals surface area contributed by atoms with E-state index in [-0.39, 0.29) is 5.91 Å². The molecule has 1 aromatic rings. The zero-order valence-electron chi connectivity index (χ0n) is 12.0. The van der Waals surface area contributed by atoms with Crippen molar-refractivity contribution in [3.63, 3.8) is 0 Å². The van der Waals surface area contributed by atoms with E-state index in [1.807, 2.05) is 6.07 Å². The Morgan fingerprint density at radius 1 is 1.29 bits per heavy atom. The second-order valence-corrected chi connectivity index (χ2v) is 6.15. The Morgan fingerprint density at radius 3 is 2.81 bits per heavy atom. The van der Waals surface area contributed by atoms with Crippen LogP contribution >= 0.6 is 35.0 Å². The summed E-state index contributed by atoms with van der Waals surface area (Å²) in [7, 11) is 1.66. The number of halogens is 2. The molecule has 0 heterocycles. The predicted octanol–water partition coefficient (Wildman–Crippen LogP) is 2.58. The second-order valence-electron chi connectivity index (χ2n) is 4.32. The van der Waals surface area contributed by atoms with Gasteiger partial charge in [0.15, 0.2) is 0 Å². The molecule has 0 saturated carbocycles. The molecule has 0 bridgehead atoms.